The van der Waals surface area contributed by atoms with Crippen molar-refractivity contribution in [3.8, 4) is 0 Å². The summed E-state index contributed by atoms with van der Waals surface area (Å²) < 4.78 is 11.9. The van der Waals surface area contributed by atoms with Crippen molar-refractivity contribution in [3.05, 3.63) is 84.2 Å². The summed E-state index contributed by atoms with van der Waals surface area (Å²) in [6.07, 6.45) is -1.49. The van der Waals surface area contributed by atoms with Crippen LogP contribution in [0.1, 0.15) is 15.9 Å². The van der Waals surface area contributed by atoms with E-state index in [2.05, 4.69) is 17.2 Å². The number of hydrogen-bond acceptors (Lipinski definition) is 5. The van der Waals surface area contributed by atoms with Crippen molar-refractivity contribution in [2.75, 3.05) is 0 Å². The van der Waals surface area contributed by atoms with Crippen LogP contribution in [0.25, 0.3) is 0 Å². The van der Waals surface area contributed by atoms with Gasteiger partial charge in [0.15, 0.2) is 6.23 Å². The van der Waals surface area contributed by atoms with Gasteiger partial charge in [-0.15, -0.1) is 0 Å². The van der Waals surface area contributed by atoms with Crippen molar-refractivity contribution in [2.45, 2.75) is 18.2 Å². The lowest BCUT2D eigenvalue weighted by atomic mass is 10.0. The van der Waals surface area contributed by atoms with E-state index in [4.69, 9.17) is 9.47 Å². The Hall–Kier alpha value is -2.63. The largest absolute Gasteiger partial charge is 0.343 e. The van der Waals surface area contributed by atoms with E-state index < -0.39 is 18.2 Å². The van der Waals surface area contributed by atoms with Crippen molar-refractivity contribution >= 4 is 5.78 Å². The Kier molecular flexibility index (Phi) is 3.18. The molecule has 2 heterocycles. The summed E-state index contributed by atoms with van der Waals surface area (Å²) in [6, 6.07) is 18.6. The van der Waals surface area contributed by atoms with E-state index in [-0.39, 0.29) is 5.78 Å². The summed E-state index contributed by atoms with van der Waals surface area (Å²) in [6.45, 7) is 3.87. The quantitative estimate of drug-likeness (QED) is 0.850. The molecule has 5 heteroatoms. The molecule has 23 heavy (non-hydrogen) atoms. The molecule has 2 aliphatic rings. The summed E-state index contributed by atoms with van der Waals surface area (Å²) in [5.74, 6) is 0.397. The van der Waals surface area contributed by atoms with Crippen LogP contribution in [-0.4, -0.2) is 18.3 Å². The number of rotatable bonds is 3. The molecule has 3 atom stereocenters. The lowest BCUT2D eigenvalue weighted by molar-refractivity contribution is -0.0784. The number of fused-ring (bicyclic) bond motifs is 1. The average molecular weight is 308 g/mol. The number of ether oxygens (including phenoxy) is 2. The standard InChI is InChI=1S/C18H16N2O3/c1-12-19-17-18(20-12,14-10-6-3-7-11-14)23-16(22-17)15(21)13-8-4-2-5-9-13/h2-11,16-17,19-20H,1H2. The zero-order valence-electron chi connectivity index (χ0n) is 12.4. The van der Waals surface area contributed by atoms with Gasteiger partial charge in [0.05, 0.1) is 5.82 Å². The number of carbonyl (C=O) groups is 1. The number of nitrogens with one attached hydrogen (secondary N) is 2. The molecule has 0 aromatic heterocycles. The summed E-state index contributed by atoms with van der Waals surface area (Å²) in [5, 5.41) is 6.26. The van der Waals surface area contributed by atoms with Crippen LogP contribution < -0.4 is 10.6 Å². The molecule has 0 spiro atoms. The molecule has 2 aromatic rings. The van der Waals surface area contributed by atoms with Crippen LogP contribution in [0, 0.1) is 0 Å². The Labute approximate surface area is 133 Å². The summed E-state index contributed by atoms with van der Waals surface area (Å²) >= 11 is 0. The molecule has 0 aliphatic carbocycles. The molecule has 5 nitrogen and oxygen atoms in total. The summed E-state index contributed by atoms with van der Waals surface area (Å²) in [5.41, 5.74) is 0.479. The molecule has 3 unspecified atom stereocenters. The SMILES string of the molecule is C=C1NC2OC(C(=O)c3ccccc3)OC2(c2ccccc2)N1. The van der Waals surface area contributed by atoms with Gasteiger partial charge in [0, 0.05) is 11.1 Å². The molecule has 2 N–H and O–H groups in total. The molecule has 2 aromatic carbocycles. The molecule has 2 aliphatic heterocycles. The summed E-state index contributed by atoms with van der Waals surface area (Å²) in [4.78, 5) is 12.6. The lowest BCUT2D eigenvalue weighted by Gasteiger charge is -2.26. The molecule has 2 fully saturated rings. The molecular weight excluding hydrogens is 292 g/mol. The van der Waals surface area contributed by atoms with Crippen LogP contribution in [-0.2, 0) is 15.2 Å². The van der Waals surface area contributed by atoms with Crippen molar-refractivity contribution in [2.24, 2.45) is 0 Å². The highest BCUT2D eigenvalue weighted by molar-refractivity contribution is 5.98. The van der Waals surface area contributed by atoms with Crippen LogP contribution in [0.2, 0.25) is 0 Å². The highest BCUT2D eigenvalue weighted by Crippen LogP contribution is 2.40. The second kappa shape index (κ2) is 5.22. The van der Waals surface area contributed by atoms with Crippen molar-refractivity contribution < 1.29 is 14.3 Å². The third kappa shape index (κ3) is 2.21. The minimum absolute atomic E-state index is 0.204. The van der Waals surface area contributed by atoms with Crippen molar-refractivity contribution in [3.63, 3.8) is 0 Å². The third-order valence-electron chi connectivity index (χ3n) is 4.04. The zero-order chi connectivity index (χ0) is 15.9. The molecule has 0 bridgehead atoms. The molecule has 2 saturated heterocycles. The predicted octanol–water partition coefficient (Wildman–Crippen LogP) is 2.09. The Morgan fingerprint density at radius 1 is 1.04 bits per heavy atom. The fourth-order valence-corrected chi connectivity index (χ4v) is 2.96. The smallest absolute Gasteiger partial charge is 0.227 e. The molecule has 0 amide bonds. The Morgan fingerprint density at radius 3 is 2.39 bits per heavy atom. The van der Waals surface area contributed by atoms with Gasteiger partial charge in [-0.2, -0.15) is 0 Å². The number of benzene rings is 2. The number of ketones is 1. The predicted molar refractivity (Wildman–Crippen MR) is 84.0 cm³/mol. The van der Waals surface area contributed by atoms with E-state index in [1.54, 1.807) is 12.1 Å². The number of carbonyl (C=O) groups excluding carboxylic acids is 1. The van der Waals surface area contributed by atoms with E-state index in [0.717, 1.165) is 5.56 Å². The van der Waals surface area contributed by atoms with Gasteiger partial charge in [-0.3, -0.25) is 4.79 Å². The fraction of sp³-hybridized carbons (Fsp3) is 0.167. The normalized spacial score (nSPS) is 28.8. The second-order valence-corrected chi connectivity index (χ2v) is 5.55. The first-order valence-electron chi connectivity index (χ1n) is 7.41. The molecule has 116 valence electrons. The van der Waals surface area contributed by atoms with Gasteiger partial charge in [0.25, 0.3) is 0 Å². The van der Waals surface area contributed by atoms with Gasteiger partial charge in [0.1, 0.15) is 0 Å². The van der Waals surface area contributed by atoms with E-state index in [1.807, 2.05) is 48.5 Å². The highest BCUT2D eigenvalue weighted by atomic mass is 16.8. The topological polar surface area (TPSA) is 59.6 Å². The first kappa shape index (κ1) is 14.0. The van der Waals surface area contributed by atoms with Gasteiger partial charge in [-0.05, 0) is 0 Å². The Morgan fingerprint density at radius 2 is 1.70 bits per heavy atom. The van der Waals surface area contributed by atoms with E-state index in [0.29, 0.717) is 11.4 Å². The van der Waals surface area contributed by atoms with E-state index >= 15 is 0 Å². The number of hydrogen-bond donors (Lipinski definition) is 2. The second-order valence-electron chi connectivity index (χ2n) is 5.55. The van der Waals surface area contributed by atoms with Gasteiger partial charge < -0.3 is 20.1 Å². The molecule has 0 radical (unpaired) electrons. The minimum atomic E-state index is -0.976. The highest BCUT2D eigenvalue weighted by Gasteiger charge is 2.57. The van der Waals surface area contributed by atoms with Crippen molar-refractivity contribution in [1.82, 2.24) is 10.6 Å². The maximum atomic E-state index is 12.6. The van der Waals surface area contributed by atoms with Crippen molar-refractivity contribution in [1.29, 1.82) is 0 Å². The summed E-state index contributed by atoms with van der Waals surface area (Å²) in [7, 11) is 0. The van der Waals surface area contributed by atoms with Crippen LogP contribution in [0.4, 0.5) is 0 Å². The Balaban J connectivity index is 1.67. The number of Topliss-reactive ketones (excluding diaryl/α,β-unsaturated/α-hetero) is 1. The minimum Gasteiger partial charge on any atom is -0.343 e. The first-order chi connectivity index (χ1) is 11.2. The first-order valence-corrected chi connectivity index (χ1v) is 7.41. The fourth-order valence-electron chi connectivity index (χ4n) is 2.96. The van der Waals surface area contributed by atoms with Crippen LogP contribution in [0.15, 0.2) is 73.1 Å². The van der Waals surface area contributed by atoms with Crippen LogP contribution in [0.3, 0.4) is 0 Å². The average Bonchev–Trinajstić information content (AvgIpc) is 3.09. The molecule has 0 saturated carbocycles. The monoisotopic (exact) mass is 308 g/mol. The van der Waals surface area contributed by atoms with Crippen LogP contribution >= 0.6 is 0 Å². The van der Waals surface area contributed by atoms with Gasteiger partial charge in [-0.25, -0.2) is 0 Å². The van der Waals surface area contributed by atoms with Crippen LogP contribution in [0.5, 0.6) is 0 Å². The van der Waals surface area contributed by atoms with Gasteiger partial charge >= 0.3 is 0 Å². The maximum absolute atomic E-state index is 12.6. The zero-order valence-corrected chi connectivity index (χ0v) is 12.4. The maximum Gasteiger partial charge on any atom is 0.227 e. The third-order valence-corrected chi connectivity index (χ3v) is 4.04. The van der Waals surface area contributed by atoms with E-state index in [1.165, 1.54) is 0 Å². The Bertz CT molecular complexity index is 747. The molecule has 4 rings (SSSR count). The van der Waals surface area contributed by atoms with E-state index in [9.17, 15) is 4.79 Å². The lowest BCUT2D eigenvalue weighted by Crippen LogP contribution is -2.44. The van der Waals surface area contributed by atoms with Gasteiger partial charge in [0.2, 0.25) is 17.8 Å². The van der Waals surface area contributed by atoms with Gasteiger partial charge in [-0.1, -0.05) is 67.2 Å². The molecular formula is C18H16N2O3.